The Morgan fingerprint density at radius 2 is 1.81 bits per heavy atom. The van der Waals surface area contributed by atoms with E-state index in [1.165, 1.54) is 6.08 Å². The van der Waals surface area contributed by atoms with Gasteiger partial charge >= 0.3 is 0 Å². The standard InChI is InChI=1S/C19H14Cl2F3NO2/c1-2-27-4-3-10-8-12(20)16(21)18-15(10)11(19(26)25-18)5-9-6-13(22)17(24)14(23)7-9/h5-8H,2-4H2,1H3,(H,25,26)/b11-5-. The first kappa shape index (κ1) is 19.7. The van der Waals surface area contributed by atoms with Crippen LogP contribution in [0.25, 0.3) is 11.6 Å². The first-order chi connectivity index (χ1) is 12.8. The van der Waals surface area contributed by atoms with Crippen LogP contribution in [-0.4, -0.2) is 19.1 Å². The summed E-state index contributed by atoms with van der Waals surface area (Å²) in [7, 11) is 0. The van der Waals surface area contributed by atoms with Gasteiger partial charge in [0.2, 0.25) is 0 Å². The van der Waals surface area contributed by atoms with E-state index in [1.54, 1.807) is 6.07 Å². The average Bonchev–Trinajstić information content (AvgIpc) is 2.94. The molecule has 1 heterocycles. The second kappa shape index (κ2) is 7.92. The number of halogens is 5. The Labute approximate surface area is 163 Å². The van der Waals surface area contributed by atoms with Gasteiger partial charge in [0.15, 0.2) is 17.5 Å². The Morgan fingerprint density at radius 3 is 2.44 bits per heavy atom. The van der Waals surface area contributed by atoms with Gasteiger partial charge in [-0.25, -0.2) is 13.2 Å². The van der Waals surface area contributed by atoms with Crippen LogP contribution in [-0.2, 0) is 16.0 Å². The van der Waals surface area contributed by atoms with E-state index in [1.807, 2.05) is 6.92 Å². The monoisotopic (exact) mass is 415 g/mol. The number of ether oxygens (including phenoxy) is 1. The molecule has 0 unspecified atom stereocenters. The lowest BCUT2D eigenvalue weighted by molar-refractivity contribution is -0.110. The number of hydrogen-bond donors (Lipinski definition) is 1. The van der Waals surface area contributed by atoms with Gasteiger partial charge in [0.25, 0.3) is 5.91 Å². The second-order valence-electron chi connectivity index (χ2n) is 5.84. The minimum absolute atomic E-state index is 0.00577. The normalized spacial score (nSPS) is 14.6. The molecular formula is C19H14Cl2F3NO2. The number of hydrogen-bond acceptors (Lipinski definition) is 2. The van der Waals surface area contributed by atoms with Crippen LogP contribution in [0.3, 0.4) is 0 Å². The summed E-state index contributed by atoms with van der Waals surface area (Å²) in [5.74, 6) is -4.75. The molecule has 2 aromatic carbocycles. The third kappa shape index (κ3) is 3.83. The molecule has 0 aromatic heterocycles. The van der Waals surface area contributed by atoms with Crippen LogP contribution in [0.2, 0.25) is 10.0 Å². The largest absolute Gasteiger partial charge is 0.381 e. The van der Waals surface area contributed by atoms with Gasteiger partial charge in [-0.05, 0) is 48.7 Å². The highest BCUT2D eigenvalue weighted by Gasteiger charge is 2.30. The Balaban J connectivity index is 2.13. The van der Waals surface area contributed by atoms with Crippen LogP contribution in [0.15, 0.2) is 18.2 Å². The summed E-state index contributed by atoms with van der Waals surface area (Å²) < 4.78 is 45.5. The molecule has 0 saturated carbocycles. The number of carbonyl (C=O) groups is 1. The van der Waals surface area contributed by atoms with E-state index in [9.17, 15) is 18.0 Å². The van der Waals surface area contributed by atoms with Crippen LogP contribution in [0.5, 0.6) is 0 Å². The summed E-state index contributed by atoms with van der Waals surface area (Å²) in [5, 5.41) is 3.06. The molecular weight excluding hydrogens is 402 g/mol. The maximum absolute atomic E-state index is 13.5. The highest BCUT2D eigenvalue weighted by molar-refractivity contribution is 6.47. The average molecular weight is 416 g/mol. The molecule has 142 valence electrons. The minimum Gasteiger partial charge on any atom is -0.381 e. The molecule has 2 aromatic rings. The molecule has 0 atom stereocenters. The van der Waals surface area contributed by atoms with Gasteiger partial charge in [-0.1, -0.05) is 23.2 Å². The van der Waals surface area contributed by atoms with Gasteiger partial charge in [-0.15, -0.1) is 0 Å². The van der Waals surface area contributed by atoms with E-state index in [4.69, 9.17) is 27.9 Å². The molecule has 1 aliphatic heterocycles. The van der Waals surface area contributed by atoms with Gasteiger partial charge in [0.1, 0.15) is 0 Å². The summed E-state index contributed by atoms with van der Waals surface area (Å²) in [4.78, 5) is 12.4. The Hall–Kier alpha value is -2.02. The van der Waals surface area contributed by atoms with Crippen molar-refractivity contribution in [3.8, 4) is 0 Å². The molecule has 8 heteroatoms. The van der Waals surface area contributed by atoms with E-state index in [2.05, 4.69) is 5.32 Å². The van der Waals surface area contributed by atoms with Crippen molar-refractivity contribution in [2.75, 3.05) is 18.5 Å². The van der Waals surface area contributed by atoms with Crippen LogP contribution < -0.4 is 5.32 Å². The fraction of sp³-hybridized carbons (Fsp3) is 0.211. The van der Waals surface area contributed by atoms with Crippen molar-refractivity contribution in [3.63, 3.8) is 0 Å². The molecule has 0 aliphatic carbocycles. The molecule has 3 nitrogen and oxygen atoms in total. The predicted molar refractivity (Wildman–Crippen MR) is 99.5 cm³/mol. The number of nitrogens with one attached hydrogen (secondary N) is 1. The number of amides is 1. The summed E-state index contributed by atoms with van der Waals surface area (Å²) in [6.45, 7) is 2.77. The van der Waals surface area contributed by atoms with E-state index >= 15 is 0 Å². The highest BCUT2D eigenvalue weighted by atomic mass is 35.5. The number of fused-ring (bicyclic) bond motifs is 1. The van der Waals surface area contributed by atoms with Crippen molar-refractivity contribution in [1.82, 2.24) is 0 Å². The Kier molecular flexibility index (Phi) is 5.79. The first-order valence-corrected chi connectivity index (χ1v) is 8.85. The molecule has 1 aliphatic rings. The third-order valence-electron chi connectivity index (χ3n) is 4.09. The van der Waals surface area contributed by atoms with Crippen molar-refractivity contribution >= 4 is 46.4 Å². The summed E-state index contributed by atoms with van der Waals surface area (Å²) in [6, 6.07) is 3.25. The molecule has 0 spiro atoms. The zero-order valence-corrected chi connectivity index (χ0v) is 15.6. The van der Waals surface area contributed by atoms with Gasteiger partial charge < -0.3 is 10.1 Å². The fourth-order valence-corrected chi connectivity index (χ4v) is 3.31. The van der Waals surface area contributed by atoms with Crippen molar-refractivity contribution < 1.29 is 22.7 Å². The quantitative estimate of drug-likeness (QED) is 0.398. The van der Waals surface area contributed by atoms with Crippen molar-refractivity contribution in [1.29, 1.82) is 0 Å². The van der Waals surface area contributed by atoms with E-state index in [0.717, 1.165) is 12.1 Å². The predicted octanol–water partition coefficient (Wildman–Crippen LogP) is 5.48. The smallest absolute Gasteiger partial charge is 0.256 e. The summed E-state index contributed by atoms with van der Waals surface area (Å²) in [5.41, 5.74) is 1.67. The molecule has 1 amide bonds. The topological polar surface area (TPSA) is 38.3 Å². The molecule has 0 fully saturated rings. The lowest BCUT2D eigenvalue weighted by Gasteiger charge is -2.11. The highest BCUT2D eigenvalue weighted by Crippen LogP contribution is 2.44. The van der Waals surface area contributed by atoms with E-state index in [-0.39, 0.29) is 21.2 Å². The second-order valence-corrected chi connectivity index (χ2v) is 6.62. The summed E-state index contributed by atoms with van der Waals surface area (Å²) in [6.07, 6.45) is 1.73. The van der Waals surface area contributed by atoms with Gasteiger partial charge in [0, 0.05) is 17.7 Å². The molecule has 0 radical (unpaired) electrons. The van der Waals surface area contributed by atoms with Crippen molar-refractivity contribution in [2.24, 2.45) is 0 Å². The zero-order valence-electron chi connectivity index (χ0n) is 14.1. The molecule has 0 bridgehead atoms. The van der Waals surface area contributed by atoms with Crippen LogP contribution in [0.1, 0.15) is 23.6 Å². The minimum atomic E-state index is -1.57. The zero-order chi connectivity index (χ0) is 19.7. The maximum atomic E-state index is 13.5. The number of rotatable bonds is 5. The van der Waals surface area contributed by atoms with Crippen LogP contribution in [0.4, 0.5) is 18.9 Å². The van der Waals surface area contributed by atoms with E-state index < -0.39 is 23.4 Å². The first-order valence-electron chi connectivity index (χ1n) is 8.10. The number of anilines is 1. The van der Waals surface area contributed by atoms with Gasteiger partial charge in [-0.3, -0.25) is 4.79 Å². The SMILES string of the molecule is CCOCCc1cc(Cl)c(Cl)c2c1/C(=C/c1cc(F)c(F)c(F)c1)C(=O)N2. The Morgan fingerprint density at radius 1 is 1.15 bits per heavy atom. The van der Waals surface area contributed by atoms with Crippen molar-refractivity contribution in [2.45, 2.75) is 13.3 Å². The maximum Gasteiger partial charge on any atom is 0.256 e. The lowest BCUT2D eigenvalue weighted by atomic mass is 9.96. The molecule has 1 N–H and O–H groups in total. The van der Waals surface area contributed by atoms with Crippen LogP contribution in [0, 0.1) is 17.5 Å². The van der Waals surface area contributed by atoms with Crippen molar-refractivity contribution in [3.05, 3.63) is 62.4 Å². The molecule has 27 heavy (non-hydrogen) atoms. The van der Waals surface area contributed by atoms with Crippen LogP contribution >= 0.6 is 23.2 Å². The fourth-order valence-electron chi connectivity index (χ4n) is 2.88. The summed E-state index contributed by atoms with van der Waals surface area (Å²) >= 11 is 12.3. The van der Waals surface area contributed by atoms with Gasteiger partial charge in [0.05, 0.1) is 22.3 Å². The number of carbonyl (C=O) groups excluding carboxylic acids is 1. The third-order valence-corrected chi connectivity index (χ3v) is 4.88. The molecule has 0 saturated heterocycles. The number of benzene rings is 2. The Bertz CT molecular complexity index is 937. The van der Waals surface area contributed by atoms with E-state index in [0.29, 0.717) is 36.4 Å². The lowest BCUT2D eigenvalue weighted by Crippen LogP contribution is -2.04. The van der Waals surface area contributed by atoms with Gasteiger partial charge in [-0.2, -0.15) is 0 Å². The molecule has 3 rings (SSSR count).